The van der Waals surface area contributed by atoms with E-state index in [4.69, 9.17) is 0 Å². The van der Waals surface area contributed by atoms with Gasteiger partial charge in [-0.3, -0.25) is 4.79 Å². The van der Waals surface area contributed by atoms with Crippen LogP contribution in [0.3, 0.4) is 0 Å². The fourth-order valence-electron chi connectivity index (χ4n) is 2.40. The minimum atomic E-state index is 0.0927. The summed E-state index contributed by atoms with van der Waals surface area (Å²) in [7, 11) is 0. The molecule has 0 radical (unpaired) electrons. The first-order valence-corrected chi connectivity index (χ1v) is 9.50. The second-order valence-corrected chi connectivity index (χ2v) is 7.42. The van der Waals surface area contributed by atoms with Crippen LogP contribution in [-0.2, 0) is 11.2 Å². The molecule has 0 aliphatic heterocycles. The number of amides is 1. The minimum absolute atomic E-state index is 0.0927. The Hall–Kier alpha value is -1.78. The first-order chi connectivity index (χ1) is 11.2. The molecule has 0 aliphatic carbocycles. The smallest absolute Gasteiger partial charge is 0.230 e. The van der Waals surface area contributed by atoms with Crippen molar-refractivity contribution in [2.75, 3.05) is 12.3 Å². The molecule has 1 heterocycles. The standard InChI is InChI=1S/C19H19NOS2/c1-14-6-8-16(9-7-14)22-13-19(21)20-11-10-15-12-23-18-5-3-2-4-17(15)18/h2-9,12H,10-11,13H2,1H3,(H,20,21). The predicted octanol–water partition coefficient (Wildman–Crippen LogP) is 4.66. The van der Waals surface area contributed by atoms with Crippen LogP contribution in [0.15, 0.2) is 58.8 Å². The number of nitrogens with one attached hydrogen (secondary N) is 1. The molecule has 1 N–H and O–H groups in total. The number of rotatable bonds is 6. The molecule has 4 heteroatoms. The van der Waals surface area contributed by atoms with E-state index in [1.165, 1.54) is 21.2 Å². The lowest BCUT2D eigenvalue weighted by atomic mass is 10.1. The maximum absolute atomic E-state index is 11.9. The number of hydrogen-bond donors (Lipinski definition) is 1. The summed E-state index contributed by atoms with van der Waals surface area (Å²) in [5.41, 5.74) is 2.55. The summed E-state index contributed by atoms with van der Waals surface area (Å²) in [6.45, 7) is 2.75. The molecule has 2 nitrogen and oxygen atoms in total. The lowest BCUT2D eigenvalue weighted by molar-refractivity contribution is -0.118. The monoisotopic (exact) mass is 341 g/mol. The van der Waals surface area contributed by atoms with Crippen molar-refractivity contribution in [3.8, 4) is 0 Å². The summed E-state index contributed by atoms with van der Waals surface area (Å²) in [4.78, 5) is 13.1. The maximum atomic E-state index is 11.9. The van der Waals surface area contributed by atoms with Gasteiger partial charge in [0.05, 0.1) is 5.75 Å². The zero-order valence-electron chi connectivity index (χ0n) is 13.0. The third-order valence-electron chi connectivity index (χ3n) is 3.67. The minimum Gasteiger partial charge on any atom is -0.355 e. The lowest BCUT2D eigenvalue weighted by Gasteiger charge is -2.05. The van der Waals surface area contributed by atoms with E-state index in [1.54, 1.807) is 23.1 Å². The average molecular weight is 342 g/mol. The fraction of sp³-hybridized carbons (Fsp3) is 0.211. The van der Waals surface area contributed by atoms with E-state index in [1.807, 2.05) is 0 Å². The molecule has 23 heavy (non-hydrogen) atoms. The summed E-state index contributed by atoms with van der Waals surface area (Å²) < 4.78 is 1.31. The van der Waals surface area contributed by atoms with Crippen LogP contribution in [0.5, 0.6) is 0 Å². The van der Waals surface area contributed by atoms with Crippen molar-refractivity contribution in [1.29, 1.82) is 0 Å². The van der Waals surface area contributed by atoms with E-state index < -0.39 is 0 Å². The van der Waals surface area contributed by atoms with Gasteiger partial charge in [-0.05, 0) is 47.9 Å². The Balaban J connectivity index is 1.45. The zero-order chi connectivity index (χ0) is 16.1. The molecule has 0 atom stereocenters. The zero-order valence-corrected chi connectivity index (χ0v) is 14.7. The third-order valence-corrected chi connectivity index (χ3v) is 5.69. The molecule has 2 aromatic carbocycles. The average Bonchev–Trinajstić information content (AvgIpc) is 2.98. The normalized spacial score (nSPS) is 10.8. The van der Waals surface area contributed by atoms with E-state index in [2.05, 4.69) is 66.2 Å². The van der Waals surface area contributed by atoms with Gasteiger partial charge in [-0.25, -0.2) is 0 Å². The summed E-state index contributed by atoms with van der Waals surface area (Å²) >= 11 is 3.34. The van der Waals surface area contributed by atoms with E-state index >= 15 is 0 Å². The van der Waals surface area contributed by atoms with Crippen LogP contribution in [-0.4, -0.2) is 18.2 Å². The Bertz CT molecular complexity index is 792. The van der Waals surface area contributed by atoms with Crippen molar-refractivity contribution in [2.45, 2.75) is 18.2 Å². The molecule has 118 valence electrons. The quantitative estimate of drug-likeness (QED) is 0.661. The molecule has 0 fully saturated rings. The summed E-state index contributed by atoms with van der Waals surface area (Å²) in [6.07, 6.45) is 0.880. The summed E-state index contributed by atoms with van der Waals surface area (Å²) in [5, 5.41) is 6.51. The van der Waals surface area contributed by atoms with Crippen LogP contribution in [0.2, 0.25) is 0 Å². The highest BCUT2D eigenvalue weighted by molar-refractivity contribution is 8.00. The van der Waals surface area contributed by atoms with Crippen molar-refractivity contribution < 1.29 is 4.79 Å². The van der Waals surface area contributed by atoms with Crippen LogP contribution in [0.25, 0.3) is 10.1 Å². The van der Waals surface area contributed by atoms with Crippen molar-refractivity contribution in [3.05, 3.63) is 65.0 Å². The molecule has 0 aliphatic rings. The van der Waals surface area contributed by atoms with Gasteiger partial charge in [-0.2, -0.15) is 0 Å². The van der Waals surface area contributed by atoms with Gasteiger partial charge in [0.25, 0.3) is 0 Å². The number of benzene rings is 2. The number of hydrogen-bond acceptors (Lipinski definition) is 3. The highest BCUT2D eigenvalue weighted by Gasteiger charge is 2.05. The van der Waals surface area contributed by atoms with Crippen molar-refractivity contribution in [2.24, 2.45) is 0 Å². The molecular formula is C19H19NOS2. The molecule has 1 aromatic heterocycles. The third kappa shape index (κ3) is 4.36. The van der Waals surface area contributed by atoms with Gasteiger partial charge in [-0.15, -0.1) is 23.1 Å². The van der Waals surface area contributed by atoms with Crippen molar-refractivity contribution in [1.82, 2.24) is 5.32 Å². The second kappa shape index (κ2) is 7.66. The Kier molecular flexibility index (Phi) is 5.36. The van der Waals surface area contributed by atoms with Crippen molar-refractivity contribution in [3.63, 3.8) is 0 Å². The van der Waals surface area contributed by atoms with Crippen LogP contribution in [0.1, 0.15) is 11.1 Å². The number of carbonyl (C=O) groups excluding carboxylic acids is 1. The molecule has 1 amide bonds. The van der Waals surface area contributed by atoms with Crippen LogP contribution < -0.4 is 5.32 Å². The molecule has 0 saturated carbocycles. The highest BCUT2D eigenvalue weighted by Crippen LogP contribution is 2.25. The first kappa shape index (κ1) is 16.1. The SMILES string of the molecule is Cc1ccc(SCC(=O)NCCc2csc3ccccc23)cc1. The molecule has 0 spiro atoms. The number of thioether (sulfide) groups is 1. The van der Waals surface area contributed by atoms with Crippen molar-refractivity contribution >= 4 is 39.1 Å². The molecule has 0 unspecified atom stereocenters. The number of carbonyl (C=O) groups is 1. The lowest BCUT2D eigenvalue weighted by Crippen LogP contribution is -2.27. The Morgan fingerprint density at radius 1 is 1.13 bits per heavy atom. The van der Waals surface area contributed by atoms with Crippen LogP contribution in [0.4, 0.5) is 0 Å². The highest BCUT2D eigenvalue weighted by atomic mass is 32.2. The van der Waals surface area contributed by atoms with E-state index in [0.29, 0.717) is 12.3 Å². The van der Waals surface area contributed by atoms with Gasteiger partial charge >= 0.3 is 0 Å². The largest absolute Gasteiger partial charge is 0.355 e. The predicted molar refractivity (Wildman–Crippen MR) is 100 cm³/mol. The molecule has 0 bridgehead atoms. The Morgan fingerprint density at radius 3 is 2.74 bits per heavy atom. The van der Waals surface area contributed by atoms with E-state index in [0.717, 1.165) is 11.3 Å². The molecule has 3 rings (SSSR count). The van der Waals surface area contributed by atoms with Gasteiger partial charge in [0.15, 0.2) is 0 Å². The molecular weight excluding hydrogens is 322 g/mol. The Labute approximate surface area is 144 Å². The summed E-state index contributed by atoms with van der Waals surface area (Å²) in [5.74, 6) is 0.558. The van der Waals surface area contributed by atoms with E-state index in [-0.39, 0.29) is 5.91 Å². The number of thiophene rings is 1. The molecule has 3 aromatic rings. The van der Waals surface area contributed by atoms with Gasteiger partial charge in [0, 0.05) is 16.1 Å². The van der Waals surface area contributed by atoms with Gasteiger partial charge in [-0.1, -0.05) is 35.9 Å². The summed E-state index contributed by atoms with van der Waals surface area (Å²) in [6, 6.07) is 16.7. The Morgan fingerprint density at radius 2 is 1.91 bits per heavy atom. The van der Waals surface area contributed by atoms with Gasteiger partial charge < -0.3 is 5.32 Å². The number of fused-ring (bicyclic) bond motifs is 1. The van der Waals surface area contributed by atoms with E-state index in [9.17, 15) is 4.79 Å². The maximum Gasteiger partial charge on any atom is 0.230 e. The van der Waals surface area contributed by atoms with Gasteiger partial charge in [0.2, 0.25) is 5.91 Å². The van der Waals surface area contributed by atoms with Crippen LogP contribution in [0, 0.1) is 6.92 Å². The first-order valence-electron chi connectivity index (χ1n) is 7.63. The fourth-order valence-corrected chi connectivity index (χ4v) is 4.12. The second-order valence-electron chi connectivity index (χ2n) is 5.46. The van der Waals surface area contributed by atoms with Crippen LogP contribution >= 0.6 is 23.1 Å². The number of aryl methyl sites for hydroxylation is 1. The molecule has 0 saturated heterocycles. The topological polar surface area (TPSA) is 29.1 Å². The van der Waals surface area contributed by atoms with Gasteiger partial charge in [0.1, 0.15) is 0 Å².